The fourth-order valence-electron chi connectivity index (χ4n) is 3.77. The summed E-state index contributed by atoms with van der Waals surface area (Å²) in [5, 5.41) is 14.5. The molecule has 22 heavy (non-hydrogen) atoms. The summed E-state index contributed by atoms with van der Waals surface area (Å²) in [4.78, 5) is 22.3. The molecule has 6 nitrogen and oxygen atoms in total. The molecule has 1 amide bonds. The Morgan fingerprint density at radius 2 is 2.14 bits per heavy atom. The number of nitro benzene ring substituents is 1. The molecular weight excluding hydrogens is 282 g/mol. The van der Waals surface area contributed by atoms with Crippen LogP contribution in [-0.2, 0) is 4.79 Å². The predicted octanol–water partition coefficient (Wildman–Crippen LogP) is 2.87. The number of carbonyl (C=O) groups is 1. The number of rotatable bonds is 4. The minimum Gasteiger partial charge on any atom is -0.273 e. The van der Waals surface area contributed by atoms with Gasteiger partial charge in [0.25, 0.3) is 5.69 Å². The van der Waals surface area contributed by atoms with Gasteiger partial charge in [-0.15, -0.1) is 0 Å². The van der Waals surface area contributed by atoms with Gasteiger partial charge in [-0.25, -0.2) is 5.43 Å². The topological polar surface area (TPSA) is 84.6 Å². The Kier molecular flexibility index (Phi) is 3.68. The SMILES string of the molecule is C[C@]12CCCC[C@@H]1[C@@H]2C(=O)N/N=C/c1ccc([N+](=O)[O-])cc1. The molecule has 2 aliphatic carbocycles. The zero-order valence-corrected chi connectivity index (χ0v) is 12.5. The molecule has 0 saturated heterocycles. The van der Waals surface area contributed by atoms with Crippen LogP contribution in [0.2, 0.25) is 0 Å². The number of non-ortho nitro benzene ring substituents is 1. The van der Waals surface area contributed by atoms with E-state index in [4.69, 9.17) is 0 Å². The highest BCUT2D eigenvalue weighted by Crippen LogP contribution is 2.66. The molecule has 0 unspecified atom stereocenters. The van der Waals surface area contributed by atoms with E-state index in [0.717, 1.165) is 12.8 Å². The zero-order valence-electron chi connectivity index (χ0n) is 12.5. The van der Waals surface area contributed by atoms with E-state index in [1.165, 1.54) is 31.2 Å². The van der Waals surface area contributed by atoms with E-state index in [1.807, 2.05) is 0 Å². The molecule has 0 aromatic heterocycles. The molecule has 1 aromatic carbocycles. The van der Waals surface area contributed by atoms with Gasteiger partial charge < -0.3 is 0 Å². The van der Waals surface area contributed by atoms with Crippen LogP contribution in [0.4, 0.5) is 5.69 Å². The maximum absolute atomic E-state index is 12.2. The van der Waals surface area contributed by atoms with Crippen LogP contribution in [0.25, 0.3) is 0 Å². The van der Waals surface area contributed by atoms with E-state index in [9.17, 15) is 14.9 Å². The van der Waals surface area contributed by atoms with Crippen molar-refractivity contribution in [2.45, 2.75) is 32.6 Å². The average molecular weight is 301 g/mol. The summed E-state index contributed by atoms with van der Waals surface area (Å²) in [5.74, 6) is 0.590. The highest BCUT2D eigenvalue weighted by atomic mass is 16.6. The first kappa shape index (κ1) is 14.7. The van der Waals surface area contributed by atoms with E-state index in [0.29, 0.717) is 11.5 Å². The van der Waals surface area contributed by atoms with Crippen molar-refractivity contribution in [3.8, 4) is 0 Å². The third kappa shape index (κ3) is 2.61. The molecule has 0 heterocycles. The quantitative estimate of drug-likeness (QED) is 0.527. The van der Waals surface area contributed by atoms with Crippen LogP contribution >= 0.6 is 0 Å². The Balaban J connectivity index is 1.56. The number of nitro groups is 1. The molecule has 0 spiro atoms. The van der Waals surface area contributed by atoms with E-state index >= 15 is 0 Å². The minimum atomic E-state index is -0.446. The maximum atomic E-state index is 12.2. The highest BCUT2D eigenvalue weighted by molar-refractivity contribution is 5.86. The van der Waals surface area contributed by atoms with Crippen molar-refractivity contribution in [1.29, 1.82) is 0 Å². The van der Waals surface area contributed by atoms with Crippen molar-refractivity contribution in [3.63, 3.8) is 0 Å². The lowest BCUT2D eigenvalue weighted by atomic mass is 9.90. The van der Waals surface area contributed by atoms with Gasteiger partial charge in [0.15, 0.2) is 0 Å². The molecule has 2 saturated carbocycles. The molecule has 0 aliphatic heterocycles. The second kappa shape index (κ2) is 5.51. The molecular formula is C16H19N3O3. The van der Waals surface area contributed by atoms with Gasteiger partial charge in [0.05, 0.1) is 11.1 Å². The third-order valence-corrected chi connectivity index (χ3v) is 5.11. The minimum absolute atomic E-state index is 0.00689. The molecule has 6 heteroatoms. The van der Waals surface area contributed by atoms with Crippen LogP contribution in [0.1, 0.15) is 38.2 Å². The largest absolute Gasteiger partial charge is 0.273 e. The summed E-state index contributed by atoms with van der Waals surface area (Å²) < 4.78 is 0. The fourth-order valence-corrected chi connectivity index (χ4v) is 3.77. The van der Waals surface area contributed by atoms with Crippen LogP contribution in [0, 0.1) is 27.4 Å². The Labute approximate surface area is 128 Å². The summed E-state index contributed by atoms with van der Waals surface area (Å²) in [7, 11) is 0. The Morgan fingerprint density at radius 1 is 1.41 bits per heavy atom. The molecule has 1 aromatic rings. The maximum Gasteiger partial charge on any atom is 0.269 e. The van der Waals surface area contributed by atoms with Crippen LogP contribution < -0.4 is 5.43 Å². The summed E-state index contributed by atoms with van der Waals surface area (Å²) in [6.07, 6.45) is 6.21. The van der Waals surface area contributed by atoms with E-state index in [-0.39, 0.29) is 22.9 Å². The van der Waals surface area contributed by atoms with Gasteiger partial charge in [-0.2, -0.15) is 5.10 Å². The number of hydrogen-bond donors (Lipinski definition) is 1. The van der Waals surface area contributed by atoms with Crippen molar-refractivity contribution < 1.29 is 9.72 Å². The predicted molar refractivity (Wildman–Crippen MR) is 82.4 cm³/mol. The van der Waals surface area contributed by atoms with Crippen molar-refractivity contribution in [2.75, 3.05) is 0 Å². The normalized spacial score (nSPS) is 29.9. The van der Waals surface area contributed by atoms with E-state index in [1.54, 1.807) is 12.1 Å². The molecule has 1 N–H and O–H groups in total. The van der Waals surface area contributed by atoms with Gasteiger partial charge in [0.2, 0.25) is 5.91 Å². The standard InChI is InChI=1S/C16H19N3O3/c1-16-9-3-2-4-13(16)14(16)15(20)18-17-10-11-5-7-12(8-6-11)19(21)22/h5-8,10,13-14H,2-4,9H2,1H3,(H,18,20)/b17-10+/t13-,14-,16+/m1/s1. The second-order valence-corrected chi connectivity index (χ2v) is 6.42. The number of amides is 1. The molecule has 116 valence electrons. The average Bonchev–Trinajstić information content (AvgIpc) is 3.13. The second-order valence-electron chi connectivity index (χ2n) is 6.42. The summed E-state index contributed by atoms with van der Waals surface area (Å²) in [6, 6.07) is 6.04. The fraction of sp³-hybridized carbons (Fsp3) is 0.500. The number of hydrazone groups is 1. The smallest absolute Gasteiger partial charge is 0.269 e. The van der Waals surface area contributed by atoms with E-state index in [2.05, 4.69) is 17.5 Å². The van der Waals surface area contributed by atoms with Crippen molar-refractivity contribution >= 4 is 17.8 Å². The summed E-state index contributed by atoms with van der Waals surface area (Å²) >= 11 is 0. The number of benzene rings is 1. The van der Waals surface area contributed by atoms with Gasteiger partial charge >= 0.3 is 0 Å². The number of fused-ring (bicyclic) bond motifs is 1. The van der Waals surface area contributed by atoms with Crippen LogP contribution in [0.5, 0.6) is 0 Å². The first-order chi connectivity index (χ1) is 10.5. The number of nitrogens with one attached hydrogen (secondary N) is 1. The molecule has 3 atom stereocenters. The molecule has 3 rings (SSSR count). The Morgan fingerprint density at radius 3 is 2.73 bits per heavy atom. The van der Waals surface area contributed by atoms with Crippen molar-refractivity contribution in [3.05, 3.63) is 39.9 Å². The number of nitrogens with zero attached hydrogens (tertiary/aromatic N) is 2. The van der Waals surface area contributed by atoms with E-state index < -0.39 is 4.92 Å². The van der Waals surface area contributed by atoms with Crippen molar-refractivity contribution in [1.82, 2.24) is 5.43 Å². The van der Waals surface area contributed by atoms with Gasteiger partial charge in [-0.3, -0.25) is 14.9 Å². The first-order valence-electron chi connectivity index (χ1n) is 7.60. The lowest BCUT2D eigenvalue weighted by Crippen LogP contribution is -2.22. The van der Waals surface area contributed by atoms with Crippen molar-refractivity contribution in [2.24, 2.45) is 22.4 Å². The summed E-state index contributed by atoms with van der Waals surface area (Å²) in [6.45, 7) is 2.20. The molecule has 2 fully saturated rings. The Hall–Kier alpha value is -2.24. The van der Waals surface area contributed by atoms with Gasteiger partial charge in [0.1, 0.15) is 0 Å². The molecule has 0 radical (unpaired) electrons. The highest BCUT2D eigenvalue weighted by Gasteiger charge is 2.64. The van der Waals surface area contributed by atoms with Gasteiger partial charge in [-0.1, -0.05) is 19.8 Å². The van der Waals surface area contributed by atoms with Crippen LogP contribution in [-0.4, -0.2) is 17.0 Å². The number of carbonyl (C=O) groups excluding carboxylic acids is 1. The summed E-state index contributed by atoms with van der Waals surface area (Å²) in [5.41, 5.74) is 3.53. The van der Waals surface area contributed by atoms with Gasteiger partial charge in [0, 0.05) is 18.1 Å². The lowest BCUT2D eigenvalue weighted by Gasteiger charge is -2.15. The first-order valence-corrected chi connectivity index (χ1v) is 7.60. The Bertz CT molecular complexity index is 626. The van der Waals surface area contributed by atoms with Crippen LogP contribution in [0.15, 0.2) is 29.4 Å². The van der Waals surface area contributed by atoms with Gasteiger partial charge in [-0.05, 0) is 41.9 Å². The molecule has 0 bridgehead atoms. The molecule has 2 aliphatic rings. The third-order valence-electron chi connectivity index (χ3n) is 5.11. The lowest BCUT2D eigenvalue weighted by molar-refractivity contribution is -0.384. The van der Waals surface area contributed by atoms with Crippen LogP contribution in [0.3, 0.4) is 0 Å². The zero-order chi connectivity index (χ0) is 15.7. The monoisotopic (exact) mass is 301 g/mol. The number of hydrogen-bond acceptors (Lipinski definition) is 4.